The molecule has 11 heteroatoms. The van der Waals surface area contributed by atoms with Crippen molar-refractivity contribution in [2.45, 2.75) is 25.9 Å². The van der Waals surface area contributed by atoms with Gasteiger partial charge in [0.15, 0.2) is 0 Å². The molecule has 2 aliphatic rings. The van der Waals surface area contributed by atoms with Crippen LogP contribution in [0.4, 0.5) is 24.8 Å². The third-order valence-electron chi connectivity index (χ3n) is 7.21. The lowest BCUT2D eigenvalue weighted by Crippen LogP contribution is -2.38. The van der Waals surface area contributed by atoms with E-state index in [0.717, 1.165) is 88.4 Å². The first kappa shape index (κ1) is 32.2. The Kier molecular flexibility index (Phi) is 12.0. The van der Waals surface area contributed by atoms with E-state index in [0.29, 0.717) is 36.1 Å². The van der Waals surface area contributed by atoms with E-state index >= 15 is 0 Å². The molecule has 0 amide bonds. The average Bonchev–Trinajstić information content (AvgIpc) is 2.99. The van der Waals surface area contributed by atoms with Crippen LogP contribution in [0, 0.1) is 6.92 Å². The number of fused-ring (bicyclic) bond motifs is 1. The third kappa shape index (κ3) is 9.37. The summed E-state index contributed by atoms with van der Waals surface area (Å²) >= 11 is 6.41. The van der Waals surface area contributed by atoms with Crippen molar-refractivity contribution in [2.75, 3.05) is 77.1 Å². The molecule has 0 unspecified atom stereocenters. The summed E-state index contributed by atoms with van der Waals surface area (Å²) in [5, 5.41) is 1.39. The number of halogens is 4. The zero-order valence-corrected chi connectivity index (χ0v) is 24.8. The number of aromatic nitrogens is 2. The molecule has 0 saturated carbocycles. The minimum absolute atomic E-state index is 0.205. The highest BCUT2D eigenvalue weighted by molar-refractivity contribution is 6.35. The highest BCUT2D eigenvalue weighted by atomic mass is 35.5. The first-order chi connectivity index (χ1) is 20.2. The summed E-state index contributed by atoms with van der Waals surface area (Å²) in [4.78, 5) is 15.3. The summed E-state index contributed by atoms with van der Waals surface area (Å²) < 4.78 is 50.6. The fourth-order valence-corrected chi connectivity index (χ4v) is 5.26. The minimum Gasteiger partial charge on any atom is -0.379 e. The van der Waals surface area contributed by atoms with Gasteiger partial charge in [-0.1, -0.05) is 17.7 Å². The monoisotopic (exact) mass is 605 g/mol. The number of aryl methyl sites for hydroxylation is 1. The number of pyridine rings is 2. The number of nitrogens with zero attached hydrogens (tertiary/aromatic N) is 5. The van der Waals surface area contributed by atoms with Gasteiger partial charge in [-0.2, -0.15) is 13.2 Å². The number of alkyl halides is 3. The van der Waals surface area contributed by atoms with Crippen LogP contribution >= 0.6 is 11.6 Å². The summed E-state index contributed by atoms with van der Waals surface area (Å²) in [6, 6.07) is 9.53. The van der Waals surface area contributed by atoms with Gasteiger partial charge in [0.05, 0.1) is 42.5 Å². The largest absolute Gasteiger partial charge is 0.416 e. The van der Waals surface area contributed by atoms with E-state index in [-0.39, 0.29) is 5.82 Å². The Labute approximate surface area is 250 Å². The molecule has 5 rings (SSSR count). The number of ether oxygens (including phenoxy) is 2. The van der Waals surface area contributed by atoms with E-state index in [4.69, 9.17) is 21.1 Å². The maximum atomic E-state index is 13.3. The number of hydrogen-bond donors (Lipinski definition) is 0. The van der Waals surface area contributed by atoms with Gasteiger partial charge in [-0.15, -0.1) is 6.58 Å². The van der Waals surface area contributed by atoms with Gasteiger partial charge < -0.3 is 14.4 Å². The molecule has 0 atom stereocenters. The Hall–Kier alpha value is -2.76. The van der Waals surface area contributed by atoms with Crippen molar-refractivity contribution >= 4 is 34.1 Å². The van der Waals surface area contributed by atoms with Crippen molar-refractivity contribution in [3.8, 4) is 0 Å². The molecule has 1 aromatic carbocycles. The molecule has 42 heavy (non-hydrogen) atoms. The number of benzene rings is 1. The van der Waals surface area contributed by atoms with Crippen LogP contribution in [0.15, 0.2) is 55.3 Å². The van der Waals surface area contributed by atoms with Crippen molar-refractivity contribution in [1.29, 1.82) is 0 Å². The lowest BCUT2D eigenvalue weighted by Gasteiger charge is -2.28. The normalized spacial score (nSPS) is 16.6. The maximum Gasteiger partial charge on any atom is 0.416 e. The summed E-state index contributed by atoms with van der Waals surface area (Å²) in [5.74, 6) is 0.717. The Morgan fingerprint density at radius 3 is 2.26 bits per heavy atom. The Balaban J connectivity index is 0.000000343. The van der Waals surface area contributed by atoms with E-state index in [1.54, 1.807) is 11.0 Å². The molecule has 2 aromatic heterocycles. The second kappa shape index (κ2) is 15.6. The molecule has 228 valence electrons. The molecular formula is C31H39ClF3N5O2. The Morgan fingerprint density at radius 1 is 0.952 bits per heavy atom. The van der Waals surface area contributed by atoms with Crippen LogP contribution in [-0.4, -0.2) is 92.0 Å². The molecule has 0 radical (unpaired) electrons. The van der Waals surface area contributed by atoms with Crippen molar-refractivity contribution in [3.05, 3.63) is 71.4 Å². The zero-order valence-electron chi connectivity index (χ0n) is 24.1. The van der Waals surface area contributed by atoms with Crippen LogP contribution in [0.25, 0.3) is 10.9 Å². The average molecular weight is 606 g/mol. The minimum atomic E-state index is -4.45. The van der Waals surface area contributed by atoms with Crippen molar-refractivity contribution in [1.82, 2.24) is 19.8 Å². The summed E-state index contributed by atoms with van der Waals surface area (Å²) in [6.07, 6.45) is 0.536. The van der Waals surface area contributed by atoms with Gasteiger partial charge >= 0.3 is 6.18 Å². The van der Waals surface area contributed by atoms with Crippen LogP contribution in [0.3, 0.4) is 0 Å². The molecule has 0 N–H and O–H groups in total. The quantitative estimate of drug-likeness (QED) is 0.263. The highest BCUT2D eigenvalue weighted by Crippen LogP contribution is 2.33. The standard InChI is InChI=1S/C23H24ClF3N4O.C8H15NO/c1-16-13-17-3-4-20(29-22(17)19(24)14-16)31(8-2-7-30-9-11-32-12-10-30)21-15-18(5-6-28-21)23(25,26)27;1-2-3-4-9-5-7-10-8-6-9/h3-6,13-15H,2,7-12H2,1H3;2H,1,3-8H2. The summed E-state index contributed by atoms with van der Waals surface area (Å²) in [7, 11) is 0. The topological polar surface area (TPSA) is 54.0 Å². The molecule has 3 aromatic rings. The van der Waals surface area contributed by atoms with Gasteiger partial charge in [0.25, 0.3) is 0 Å². The van der Waals surface area contributed by atoms with Crippen LogP contribution in [0.5, 0.6) is 0 Å². The number of rotatable bonds is 9. The number of anilines is 2. The number of morpholine rings is 2. The van der Waals surface area contributed by atoms with Crippen LogP contribution in [0.2, 0.25) is 5.02 Å². The fraction of sp³-hybridized carbons (Fsp3) is 0.484. The van der Waals surface area contributed by atoms with Gasteiger partial charge in [-0.25, -0.2) is 9.97 Å². The molecule has 0 aliphatic carbocycles. The Morgan fingerprint density at radius 2 is 1.62 bits per heavy atom. The molecule has 2 fully saturated rings. The zero-order chi connectivity index (χ0) is 30.0. The van der Waals surface area contributed by atoms with Gasteiger partial charge in [0, 0.05) is 57.4 Å². The van der Waals surface area contributed by atoms with Crippen molar-refractivity contribution < 1.29 is 22.6 Å². The summed E-state index contributed by atoms with van der Waals surface area (Å²) in [6.45, 7) is 15.1. The molecule has 2 saturated heterocycles. The van der Waals surface area contributed by atoms with Gasteiger partial charge in [0.2, 0.25) is 0 Å². The lowest BCUT2D eigenvalue weighted by molar-refractivity contribution is -0.137. The van der Waals surface area contributed by atoms with E-state index < -0.39 is 11.7 Å². The Bertz CT molecular complexity index is 1300. The SMILES string of the molecule is C=CCCN1CCOCC1.Cc1cc(Cl)c2nc(N(CCCN3CCOCC3)c3cc(C(F)(F)F)ccn3)ccc2c1. The predicted molar refractivity (Wildman–Crippen MR) is 162 cm³/mol. The van der Waals surface area contributed by atoms with Crippen LogP contribution < -0.4 is 4.90 Å². The molecule has 0 bridgehead atoms. The third-order valence-corrected chi connectivity index (χ3v) is 7.50. The van der Waals surface area contributed by atoms with Crippen LogP contribution in [0.1, 0.15) is 24.0 Å². The summed E-state index contributed by atoms with van der Waals surface area (Å²) in [5.41, 5.74) is 0.883. The fourth-order valence-electron chi connectivity index (χ4n) is 4.94. The van der Waals surface area contributed by atoms with Gasteiger partial charge in [-0.3, -0.25) is 9.80 Å². The van der Waals surface area contributed by atoms with Crippen molar-refractivity contribution in [3.63, 3.8) is 0 Å². The predicted octanol–water partition coefficient (Wildman–Crippen LogP) is 6.37. The maximum absolute atomic E-state index is 13.3. The van der Waals surface area contributed by atoms with Crippen molar-refractivity contribution in [2.24, 2.45) is 0 Å². The molecule has 2 aliphatic heterocycles. The van der Waals surface area contributed by atoms with E-state index in [2.05, 4.69) is 26.3 Å². The highest BCUT2D eigenvalue weighted by Gasteiger charge is 2.31. The van der Waals surface area contributed by atoms with E-state index in [1.807, 2.05) is 31.2 Å². The molecule has 7 nitrogen and oxygen atoms in total. The van der Waals surface area contributed by atoms with Crippen LogP contribution in [-0.2, 0) is 15.7 Å². The van der Waals surface area contributed by atoms with E-state index in [1.165, 1.54) is 6.20 Å². The first-order valence-corrected chi connectivity index (χ1v) is 14.7. The van der Waals surface area contributed by atoms with Gasteiger partial charge in [0.1, 0.15) is 11.6 Å². The van der Waals surface area contributed by atoms with E-state index in [9.17, 15) is 13.2 Å². The smallest absolute Gasteiger partial charge is 0.379 e. The number of hydrogen-bond acceptors (Lipinski definition) is 7. The second-order valence-electron chi connectivity index (χ2n) is 10.4. The molecule has 0 spiro atoms. The second-order valence-corrected chi connectivity index (χ2v) is 10.8. The molecular weight excluding hydrogens is 567 g/mol. The molecule has 4 heterocycles. The first-order valence-electron chi connectivity index (χ1n) is 14.3. The van der Waals surface area contributed by atoms with Gasteiger partial charge in [-0.05, 0) is 61.7 Å². The lowest BCUT2D eigenvalue weighted by atomic mass is 10.1.